The number of methoxy groups -OCH3 is 1. The van der Waals surface area contributed by atoms with Gasteiger partial charge >= 0.3 is 5.97 Å². The molecule has 0 aliphatic carbocycles. The molecular formula is C13H20N2O3. The van der Waals surface area contributed by atoms with Crippen molar-refractivity contribution in [3.8, 4) is 5.75 Å². The van der Waals surface area contributed by atoms with Crippen molar-refractivity contribution in [2.45, 2.75) is 13.0 Å². The van der Waals surface area contributed by atoms with Crippen molar-refractivity contribution in [2.75, 3.05) is 33.1 Å². The standard InChI is InChI=1S/C13H20N2O3/c1-9(8-15(2)3)14-12-7-10(18-4)5-6-11(12)13(16)17/h5-7,9,14H,8H2,1-4H3,(H,16,17). The molecule has 1 aromatic carbocycles. The van der Waals surface area contributed by atoms with E-state index in [1.807, 2.05) is 25.9 Å². The minimum atomic E-state index is -0.947. The number of rotatable bonds is 6. The van der Waals surface area contributed by atoms with Gasteiger partial charge in [0.25, 0.3) is 0 Å². The van der Waals surface area contributed by atoms with Crippen LogP contribution in [-0.2, 0) is 0 Å². The summed E-state index contributed by atoms with van der Waals surface area (Å²) in [4.78, 5) is 13.2. The molecule has 0 amide bonds. The molecule has 1 unspecified atom stereocenters. The second-order valence-corrected chi connectivity index (χ2v) is 4.52. The van der Waals surface area contributed by atoms with E-state index in [1.54, 1.807) is 25.3 Å². The van der Waals surface area contributed by atoms with E-state index < -0.39 is 5.97 Å². The molecule has 0 radical (unpaired) electrons. The highest BCUT2D eigenvalue weighted by atomic mass is 16.5. The molecule has 5 heteroatoms. The Bertz CT molecular complexity index is 419. The summed E-state index contributed by atoms with van der Waals surface area (Å²) >= 11 is 0. The number of benzene rings is 1. The van der Waals surface area contributed by atoms with Gasteiger partial charge in [0.2, 0.25) is 0 Å². The van der Waals surface area contributed by atoms with E-state index in [0.717, 1.165) is 6.54 Å². The maximum atomic E-state index is 11.1. The Morgan fingerprint density at radius 1 is 1.50 bits per heavy atom. The third-order valence-corrected chi connectivity index (χ3v) is 2.50. The zero-order valence-corrected chi connectivity index (χ0v) is 11.2. The highest BCUT2D eigenvalue weighted by molar-refractivity contribution is 5.94. The predicted molar refractivity (Wildman–Crippen MR) is 71.6 cm³/mol. The lowest BCUT2D eigenvalue weighted by Gasteiger charge is -2.20. The van der Waals surface area contributed by atoms with Gasteiger partial charge in [0.1, 0.15) is 5.75 Å². The molecule has 100 valence electrons. The van der Waals surface area contributed by atoms with Gasteiger partial charge in [-0.15, -0.1) is 0 Å². The van der Waals surface area contributed by atoms with Crippen molar-refractivity contribution in [3.05, 3.63) is 23.8 Å². The molecule has 2 N–H and O–H groups in total. The van der Waals surface area contributed by atoms with E-state index in [4.69, 9.17) is 9.84 Å². The molecule has 0 spiro atoms. The van der Waals surface area contributed by atoms with Gasteiger partial charge in [-0.3, -0.25) is 0 Å². The van der Waals surface area contributed by atoms with Crippen LogP contribution in [0.1, 0.15) is 17.3 Å². The van der Waals surface area contributed by atoms with Crippen LogP contribution in [0.2, 0.25) is 0 Å². The number of likely N-dealkylation sites (N-methyl/N-ethyl adjacent to an activating group) is 1. The van der Waals surface area contributed by atoms with E-state index >= 15 is 0 Å². The van der Waals surface area contributed by atoms with E-state index in [2.05, 4.69) is 5.32 Å². The first-order chi connectivity index (χ1) is 8.43. The van der Waals surface area contributed by atoms with E-state index in [-0.39, 0.29) is 11.6 Å². The van der Waals surface area contributed by atoms with Crippen molar-refractivity contribution in [1.82, 2.24) is 4.90 Å². The fraction of sp³-hybridized carbons (Fsp3) is 0.462. The zero-order valence-electron chi connectivity index (χ0n) is 11.2. The molecule has 0 aliphatic rings. The molecular weight excluding hydrogens is 232 g/mol. The van der Waals surface area contributed by atoms with Crippen molar-refractivity contribution in [2.24, 2.45) is 0 Å². The summed E-state index contributed by atoms with van der Waals surface area (Å²) in [6.45, 7) is 2.82. The number of anilines is 1. The number of nitrogens with one attached hydrogen (secondary N) is 1. The van der Waals surface area contributed by atoms with Gasteiger partial charge in [-0.25, -0.2) is 4.79 Å². The Morgan fingerprint density at radius 2 is 2.17 bits per heavy atom. The number of nitrogens with zero attached hydrogens (tertiary/aromatic N) is 1. The highest BCUT2D eigenvalue weighted by Gasteiger charge is 2.13. The van der Waals surface area contributed by atoms with Crippen molar-refractivity contribution in [1.29, 1.82) is 0 Å². The van der Waals surface area contributed by atoms with Crippen molar-refractivity contribution >= 4 is 11.7 Å². The normalized spacial score (nSPS) is 12.3. The molecule has 18 heavy (non-hydrogen) atoms. The minimum absolute atomic E-state index is 0.144. The fourth-order valence-electron chi connectivity index (χ4n) is 1.82. The third-order valence-electron chi connectivity index (χ3n) is 2.50. The molecule has 0 heterocycles. The van der Waals surface area contributed by atoms with Gasteiger partial charge in [-0.2, -0.15) is 0 Å². The average Bonchev–Trinajstić information content (AvgIpc) is 2.27. The van der Waals surface area contributed by atoms with Crippen LogP contribution >= 0.6 is 0 Å². The highest BCUT2D eigenvalue weighted by Crippen LogP contribution is 2.23. The lowest BCUT2D eigenvalue weighted by Crippen LogP contribution is -2.30. The van der Waals surface area contributed by atoms with Gasteiger partial charge in [0.05, 0.1) is 18.4 Å². The van der Waals surface area contributed by atoms with Crippen LogP contribution in [0.25, 0.3) is 0 Å². The lowest BCUT2D eigenvalue weighted by atomic mass is 10.1. The summed E-state index contributed by atoms with van der Waals surface area (Å²) in [5.41, 5.74) is 0.831. The molecule has 0 aromatic heterocycles. The van der Waals surface area contributed by atoms with Gasteiger partial charge in [-0.1, -0.05) is 0 Å². The Labute approximate surface area is 107 Å². The largest absolute Gasteiger partial charge is 0.497 e. The Balaban J connectivity index is 2.93. The molecule has 0 saturated carbocycles. The van der Waals surface area contributed by atoms with E-state index in [1.165, 1.54) is 0 Å². The number of carboxylic acid groups (broad SMARTS) is 1. The molecule has 1 rings (SSSR count). The van der Waals surface area contributed by atoms with Gasteiger partial charge in [0.15, 0.2) is 0 Å². The van der Waals surface area contributed by atoms with Gasteiger partial charge in [-0.05, 0) is 33.2 Å². The Kier molecular flexibility index (Phi) is 4.97. The van der Waals surface area contributed by atoms with Crippen LogP contribution in [0.4, 0.5) is 5.69 Å². The summed E-state index contributed by atoms with van der Waals surface area (Å²) in [5.74, 6) is -0.309. The van der Waals surface area contributed by atoms with E-state index in [9.17, 15) is 4.79 Å². The smallest absolute Gasteiger partial charge is 0.337 e. The first-order valence-corrected chi connectivity index (χ1v) is 5.76. The van der Waals surface area contributed by atoms with Crippen LogP contribution in [0.5, 0.6) is 5.75 Å². The quantitative estimate of drug-likeness (QED) is 0.807. The first kappa shape index (κ1) is 14.3. The number of aromatic carboxylic acids is 1. The van der Waals surface area contributed by atoms with Gasteiger partial charge in [0, 0.05) is 18.7 Å². The Morgan fingerprint density at radius 3 is 2.67 bits per heavy atom. The van der Waals surface area contributed by atoms with Crippen LogP contribution in [0.15, 0.2) is 18.2 Å². The molecule has 0 saturated heterocycles. The molecule has 1 atom stereocenters. The molecule has 0 fully saturated rings. The summed E-state index contributed by atoms with van der Waals surface area (Å²) in [5, 5.41) is 12.3. The molecule has 0 aliphatic heterocycles. The average molecular weight is 252 g/mol. The van der Waals surface area contributed by atoms with E-state index in [0.29, 0.717) is 11.4 Å². The zero-order chi connectivity index (χ0) is 13.7. The summed E-state index contributed by atoms with van der Waals surface area (Å²) in [6.07, 6.45) is 0. The first-order valence-electron chi connectivity index (χ1n) is 5.76. The SMILES string of the molecule is COc1ccc(C(=O)O)c(NC(C)CN(C)C)c1. The molecule has 0 bridgehead atoms. The number of hydrogen-bond acceptors (Lipinski definition) is 4. The monoisotopic (exact) mass is 252 g/mol. The maximum Gasteiger partial charge on any atom is 0.337 e. The number of hydrogen-bond donors (Lipinski definition) is 2. The molecule has 5 nitrogen and oxygen atoms in total. The number of carbonyl (C=O) groups is 1. The van der Waals surface area contributed by atoms with Crippen molar-refractivity contribution < 1.29 is 14.6 Å². The third kappa shape index (κ3) is 3.92. The lowest BCUT2D eigenvalue weighted by molar-refractivity contribution is 0.0698. The summed E-state index contributed by atoms with van der Waals surface area (Å²) in [7, 11) is 5.51. The minimum Gasteiger partial charge on any atom is -0.497 e. The van der Waals surface area contributed by atoms with Crippen LogP contribution < -0.4 is 10.1 Å². The topological polar surface area (TPSA) is 61.8 Å². The summed E-state index contributed by atoms with van der Waals surface area (Å²) < 4.78 is 5.11. The summed E-state index contributed by atoms with van der Waals surface area (Å²) in [6, 6.07) is 5.04. The predicted octanol–water partition coefficient (Wildman–Crippen LogP) is 1.76. The molecule has 1 aromatic rings. The second kappa shape index (κ2) is 6.26. The Hall–Kier alpha value is -1.75. The fourth-order valence-corrected chi connectivity index (χ4v) is 1.82. The van der Waals surface area contributed by atoms with Crippen LogP contribution in [-0.4, -0.2) is 49.8 Å². The van der Waals surface area contributed by atoms with Crippen molar-refractivity contribution in [3.63, 3.8) is 0 Å². The maximum absolute atomic E-state index is 11.1. The van der Waals surface area contributed by atoms with Crippen LogP contribution in [0.3, 0.4) is 0 Å². The second-order valence-electron chi connectivity index (χ2n) is 4.52. The van der Waals surface area contributed by atoms with Gasteiger partial charge < -0.3 is 20.1 Å². The number of carboxylic acids is 1. The number of ether oxygens (including phenoxy) is 1. The van der Waals surface area contributed by atoms with Crippen LogP contribution in [0, 0.1) is 0 Å².